The van der Waals surface area contributed by atoms with Gasteiger partial charge in [-0.3, -0.25) is 10.1 Å². The van der Waals surface area contributed by atoms with Crippen LogP contribution >= 0.6 is 11.3 Å². The highest BCUT2D eigenvalue weighted by atomic mass is 32.1. The Morgan fingerprint density at radius 2 is 2.10 bits per heavy atom. The van der Waals surface area contributed by atoms with Gasteiger partial charge in [-0.1, -0.05) is 19.8 Å². The normalized spacial score (nSPS) is 10.2. The van der Waals surface area contributed by atoms with E-state index >= 15 is 0 Å². The topological polar surface area (TPSA) is 51.2 Å². The van der Waals surface area contributed by atoms with Gasteiger partial charge in [-0.2, -0.15) is 0 Å². The molecule has 1 N–H and O–H groups in total. The number of thiazole rings is 1. The van der Waals surface area contributed by atoms with Gasteiger partial charge >= 0.3 is 0 Å². The van der Waals surface area contributed by atoms with E-state index in [1.54, 1.807) is 18.3 Å². The van der Waals surface area contributed by atoms with Crippen LogP contribution < -0.4 is 10.1 Å². The zero-order valence-electron chi connectivity index (χ0n) is 11.5. The van der Waals surface area contributed by atoms with Crippen molar-refractivity contribution in [3.63, 3.8) is 0 Å². The lowest BCUT2D eigenvalue weighted by atomic mass is 10.2. The first-order chi connectivity index (χ1) is 9.79. The first-order valence-electron chi connectivity index (χ1n) is 6.73. The zero-order valence-corrected chi connectivity index (χ0v) is 12.3. The molecule has 0 bridgehead atoms. The largest absolute Gasteiger partial charge is 0.494 e. The van der Waals surface area contributed by atoms with Gasteiger partial charge in [0.1, 0.15) is 5.75 Å². The summed E-state index contributed by atoms with van der Waals surface area (Å²) >= 11 is 1.40. The Morgan fingerprint density at radius 3 is 2.75 bits per heavy atom. The molecule has 1 amide bonds. The first-order valence-corrected chi connectivity index (χ1v) is 7.61. The van der Waals surface area contributed by atoms with Crippen molar-refractivity contribution in [2.45, 2.75) is 26.2 Å². The number of nitrogens with zero attached hydrogens (tertiary/aromatic N) is 1. The minimum atomic E-state index is -0.155. The molecule has 0 aliphatic rings. The van der Waals surface area contributed by atoms with Crippen molar-refractivity contribution in [2.75, 3.05) is 11.9 Å². The van der Waals surface area contributed by atoms with Crippen LogP contribution in [-0.4, -0.2) is 17.5 Å². The third kappa shape index (κ3) is 4.35. The second kappa shape index (κ2) is 7.65. The van der Waals surface area contributed by atoms with Crippen LogP contribution in [0.15, 0.2) is 35.8 Å². The molecule has 2 rings (SSSR count). The van der Waals surface area contributed by atoms with E-state index in [4.69, 9.17) is 4.74 Å². The molecule has 0 saturated heterocycles. The molecule has 1 aromatic carbocycles. The number of unbranched alkanes of at least 4 members (excludes halogenated alkanes) is 2. The molecule has 0 aliphatic heterocycles. The summed E-state index contributed by atoms with van der Waals surface area (Å²) in [7, 11) is 0. The molecule has 0 fully saturated rings. The number of benzene rings is 1. The summed E-state index contributed by atoms with van der Waals surface area (Å²) in [6, 6.07) is 7.17. The summed E-state index contributed by atoms with van der Waals surface area (Å²) in [5.74, 6) is 0.643. The molecular formula is C15H18N2O2S. The van der Waals surface area contributed by atoms with Crippen molar-refractivity contribution in [3.8, 4) is 5.75 Å². The van der Waals surface area contributed by atoms with Gasteiger partial charge in [0, 0.05) is 17.1 Å². The molecule has 20 heavy (non-hydrogen) atoms. The lowest BCUT2D eigenvalue weighted by Gasteiger charge is -2.06. The number of ether oxygens (including phenoxy) is 1. The van der Waals surface area contributed by atoms with Crippen LogP contribution in [0.2, 0.25) is 0 Å². The fraction of sp³-hybridized carbons (Fsp3) is 0.333. The molecule has 0 saturated carbocycles. The fourth-order valence-corrected chi connectivity index (χ4v) is 2.22. The van der Waals surface area contributed by atoms with Gasteiger partial charge in [0.05, 0.1) is 6.61 Å². The predicted octanol–water partition coefficient (Wildman–Crippen LogP) is 3.96. The number of aromatic nitrogens is 1. The Hall–Kier alpha value is -1.88. The summed E-state index contributed by atoms with van der Waals surface area (Å²) in [6.45, 7) is 2.88. The molecule has 0 aliphatic carbocycles. The van der Waals surface area contributed by atoms with Gasteiger partial charge < -0.3 is 4.74 Å². The molecule has 1 heterocycles. The van der Waals surface area contributed by atoms with E-state index in [9.17, 15) is 4.79 Å². The van der Waals surface area contributed by atoms with Gasteiger partial charge in [-0.25, -0.2) is 4.98 Å². The van der Waals surface area contributed by atoms with Crippen LogP contribution in [0.4, 0.5) is 5.13 Å². The van der Waals surface area contributed by atoms with Crippen LogP contribution in [-0.2, 0) is 0 Å². The van der Waals surface area contributed by atoms with Gasteiger partial charge in [-0.05, 0) is 30.7 Å². The van der Waals surface area contributed by atoms with Gasteiger partial charge in [0.2, 0.25) is 0 Å². The van der Waals surface area contributed by atoms with Crippen molar-refractivity contribution in [3.05, 3.63) is 41.4 Å². The Labute approximate surface area is 122 Å². The maximum Gasteiger partial charge on any atom is 0.257 e. The average Bonchev–Trinajstić information content (AvgIpc) is 2.97. The Morgan fingerprint density at radius 1 is 1.30 bits per heavy atom. The van der Waals surface area contributed by atoms with Crippen molar-refractivity contribution < 1.29 is 9.53 Å². The van der Waals surface area contributed by atoms with Crippen LogP contribution in [0.1, 0.15) is 36.5 Å². The lowest BCUT2D eigenvalue weighted by Crippen LogP contribution is -2.11. The first kappa shape index (κ1) is 14.5. The van der Waals surface area contributed by atoms with Crippen molar-refractivity contribution in [1.82, 2.24) is 4.98 Å². The molecule has 2 aromatic rings. The number of amides is 1. The highest BCUT2D eigenvalue weighted by Crippen LogP contribution is 2.15. The SMILES string of the molecule is CCCCCOc1ccc(C(=O)Nc2nccs2)cc1. The van der Waals surface area contributed by atoms with E-state index < -0.39 is 0 Å². The summed E-state index contributed by atoms with van der Waals surface area (Å²) < 4.78 is 5.61. The third-order valence-corrected chi connectivity index (χ3v) is 3.47. The van der Waals surface area contributed by atoms with Crippen LogP contribution in [0, 0.1) is 0 Å². The van der Waals surface area contributed by atoms with Gasteiger partial charge in [0.15, 0.2) is 5.13 Å². The summed E-state index contributed by atoms with van der Waals surface area (Å²) in [6.07, 6.45) is 5.07. The smallest absolute Gasteiger partial charge is 0.257 e. The number of hydrogen-bond donors (Lipinski definition) is 1. The minimum absolute atomic E-state index is 0.155. The fourth-order valence-electron chi connectivity index (χ4n) is 1.70. The van der Waals surface area contributed by atoms with Crippen molar-refractivity contribution >= 4 is 22.4 Å². The molecule has 0 spiro atoms. The average molecular weight is 290 g/mol. The Kier molecular flexibility index (Phi) is 5.55. The van der Waals surface area contributed by atoms with Gasteiger partial charge in [-0.15, -0.1) is 11.3 Å². The van der Waals surface area contributed by atoms with Crippen LogP contribution in [0.25, 0.3) is 0 Å². The molecule has 0 atom stereocenters. The number of anilines is 1. The highest BCUT2D eigenvalue weighted by molar-refractivity contribution is 7.13. The predicted molar refractivity (Wildman–Crippen MR) is 81.5 cm³/mol. The number of carbonyl (C=O) groups excluding carboxylic acids is 1. The van der Waals surface area contributed by atoms with E-state index in [1.165, 1.54) is 24.2 Å². The van der Waals surface area contributed by atoms with Crippen molar-refractivity contribution in [1.29, 1.82) is 0 Å². The summed E-state index contributed by atoms with van der Waals surface area (Å²) in [5.41, 5.74) is 0.598. The van der Waals surface area contributed by atoms with E-state index in [0.29, 0.717) is 10.7 Å². The second-order valence-corrected chi connectivity index (χ2v) is 5.27. The second-order valence-electron chi connectivity index (χ2n) is 4.37. The van der Waals surface area contributed by atoms with E-state index in [-0.39, 0.29) is 5.91 Å². The number of rotatable bonds is 7. The molecule has 1 aromatic heterocycles. The number of nitrogens with one attached hydrogen (secondary N) is 1. The quantitative estimate of drug-likeness (QED) is 0.785. The molecule has 106 valence electrons. The molecule has 0 unspecified atom stereocenters. The summed E-state index contributed by atoms with van der Waals surface area (Å²) in [4.78, 5) is 16.0. The Bertz CT molecular complexity index is 523. The van der Waals surface area contributed by atoms with E-state index in [1.807, 2.05) is 17.5 Å². The third-order valence-electron chi connectivity index (χ3n) is 2.79. The van der Waals surface area contributed by atoms with Crippen molar-refractivity contribution in [2.24, 2.45) is 0 Å². The molecular weight excluding hydrogens is 272 g/mol. The van der Waals surface area contributed by atoms with Gasteiger partial charge in [0.25, 0.3) is 5.91 Å². The maximum atomic E-state index is 11.9. The highest BCUT2D eigenvalue weighted by Gasteiger charge is 2.07. The van der Waals surface area contributed by atoms with Crippen LogP contribution in [0.3, 0.4) is 0 Å². The minimum Gasteiger partial charge on any atom is -0.494 e. The number of carbonyl (C=O) groups is 1. The molecule has 4 nitrogen and oxygen atoms in total. The summed E-state index contributed by atoms with van der Waals surface area (Å²) in [5, 5.41) is 5.17. The number of hydrogen-bond acceptors (Lipinski definition) is 4. The molecule has 0 radical (unpaired) electrons. The van der Waals surface area contributed by atoms with Crippen LogP contribution in [0.5, 0.6) is 5.75 Å². The standard InChI is InChI=1S/C15H18N2O2S/c1-2-3-4-10-19-13-7-5-12(6-8-13)14(18)17-15-16-9-11-20-15/h5-9,11H,2-4,10H2,1H3,(H,16,17,18). The van der Waals surface area contributed by atoms with E-state index in [2.05, 4.69) is 17.2 Å². The molecule has 5 heteroatoms. The van der Waals surface area contributed by atoms with E-state index in [0.717, 1.165) is 18.8 Å². The maximum absolute atomic E-state index is 11.9. The Balaban J connectivity index is 1.85. The lowest BCUT2D eigenvalue weighted by molar-refractivity contribution is 0.102. The zero-order chi connectivity index (χ0) is 14.2. The monoisotopic (exact) mass is 290 g/mol.